The minimum absolute atomic E-state index is 0.130. The number of amides is 2. The average Bonchev–Trinajstić information content (AvgIpc) is 2.95. The van der Waals surface area contributed by atoms with Crippen LogP contribution in [-0.4, -0.2) is 43.0 Å². The predicted octanol–water partition coefficient (Wildman–Crippen LogP) is 2.82. The van der Waals surface area contributed by atoms with E-state index in [0.717, 1.165) is 27.7 Å². The lowest BCUT2D eigenvalue weighted by Gasteiger charge is -2.28. The van der Waals surface area contributed by atoms with E-state index < -0.39 is 6.04 Å². The third-order valence-corrected chi connectivity index (χ3v) is 6.08. The molecule has 0 bridgehead atoms. The van der Waals surface area contributed by atoms with Crippen LogP contribution in [-0.2, 0) is 22.6 Å². The number of likely N-dealkylation sites (N-methyl/N-ethyl adjacent to an activating group) is 1. The summed E-state index contributed by atoms with van der Waals surface area (Å²) in [5, 5.41) is 6.80. The summed E-state index contributed by atoms with van der Waals surface area (Å²) in [5.41, 5.74) is 3.67. The van der Waals surface area contributed by atoms with Crippen molar-refractivity contribution >= 4 is 28.4 Å². The molecule has 7 nitrogen and oxygen atoms in total. The van der Waals surface area contributed by atoms with Gasteiger partial charge in [0, 0.05) is 16.6 Å². The van der Waals surface area contributed by atoms with Crippen LogP contribution in [0.5, 0.6) is 5.75 Å². The Labute approximate surface area is 187 Å². The fourth-order valence-electron chi connectivity index (χ4n) is 4.12. The molecule has 4 rings (SSSR count). The van der Waals surface area contributed by atoms with Gasteiger partial charge >= 0.3 is 0 Å². The minimum atomic E-state index is -0.607. The highest BCUT2D eigenvalue weighted by atomic mass is 16.5. The average molecular weight is 433 g/mol. The molecule has 166 valence electrons. The minimum Gasteiger partial charge on any atom is -0.495 e. The van der Waals surface area contributed by atoms with E-state index in [1.165, 1.54) is 0 Å². The summed E-state index contributed by atoms with van der Waals surface area (Å²) in [5.74, 6) is 0.306. The molecule has 32 heavy (non-hydrogen) atoms. The van der Waals surface area contributed by atoms with Gasteiger partial charge in [0.1, 0.15) is 11.8 Å². The number of nitrogens with zero attached hydrogens (tertiary/aromatic N) is 2. The first-order chi connectivity index (χ1) is 15.5. The second kappa shape index (κ2) is 9.36. The highest BCUT2D eigenvalue weighted by molar-refractivity contribution is 6.01. The molecule has 0 spiro atoms. The van der Waals surface area contributed by atoms with E-state index in [2.05, 4.69) is 15.6 Å². The molecular formula is C25H28N4O3. The van der Waals surface area contributed by atoms with Gasteiger partial charge in [0.25, 0.3) is 0 Å². The number of hydrogen-bond donors (Lipinski definition) is 2. The molecule has 0 aliphatic carbocycles. The number of carbonyl (C=O) groups excluding carboxylic acids is 2. The second-order valence-corrected chi connectivity index (χ2v) is 7.99. The van der Waals surface area contributed by atoms with E-state index in [1.807, 2.05) is 48.5 Å². The predicted molar refractivity (Wildman–Crippen MR) is 125 cm³/mol. The number of aromatic nitrogens is 1. The molecule has 1 aliphatic rings. The first-order valence-electron chi connectivity index (χ1n) is 10.8. The lowest BCUT2D eigenvalue weighted by Crippen LogP contribution is -2.52. The zero-order valence-corrected chi connectivity index (χ0v) is 18.6. The maximum atomic E-state index is 13.7. The topological polar surface area (TPSA) is 83.6 Å². The van der Waals surface area contributed by atoms with Crippen LogP contribution in [0, 0.1) is 0 Å². The fourth-order valence-corrected chi connectivity index (χ4v) is 4.12. The van der Waals surface area contributed by atoms with Crippen molar-refractivity contribution in [2.75, 3.05) is 19.1 Å². The van der Waals surface area contributed by atoms with E-state index in [1.54, 1.807) is 32.2 Å². The van der Waals surface area contributed by atoms with Gasteiger partial charge in [-0.15, -0.1) is 0 Å². The van der Waals surface area contributed by atoms with Crippen LogP contribution in [0.3, 0.4) is 0 Å². The number of nitrogens with one attached hydrogen (secondary N) is 2. The molecule has 0 radical (unpaired) electrons. The lowest BCUT2D eigenvalue weighted by molar-refractivity contribution is -0.128. The number of methoxy groups -OCH3 is 1. The molecule has 7 heteroatoms. The van der Waals surface area contributed by atoms with E-state index >= 15 is 0 Å². The summed E-state index contributed by atoms with van der Waals surface area (Å²) in [6, 6.07) is 14.7. The van der Waals surface area contributed by atoms with Gasteiger partial charge in [-0.3, -0.25) is 14.6 Å². The summed E-state index contributed by atoms with van der Waals surface area (Å²) < 4.78 is 5.61. The summed E-state index contributed by atoms with van der Waals surface area (Å²) in [7, 11) is 3.33. The smallest absolute Gasteiger partial charge is 0.249 e. The maximum Gasteiger partial charge on any atom is 0.249 e. The van der Waals surface area contributed by atoms with Crippen LogP contribution in [0.4, 0.5) is 5.69 Å². The number of ether oxygens (including phenoxy) is 1. The van der Waals surface area contributed by atoms with E-state index in [-0.39, 0.29) is 17.9 Å². The van der Waals surface area contributed by atoms with Crippen LogP contribution >= 0.6 is 0 Å². The molecule has 2 amide bonds. The van der Waals surface area contributed by atoms with Gasteiger partial charge in [0.2, 0.25) is 11.8 Å². The van der Waals surface area contributed by atoms with Gasteiger partial charge < -0.3 is 20.3 Å². The van der Waals surface area contributed by atoms with Crippen molar-refractivity contribution in [1.29, 1.82) is 0 Å². The third-order valence-electron chi connectivity index (χ3n) is 6.08. The number of anilines is 1. The van der Waals surface area contributed by atoms with Gasteiger partial charge in [-0.1, -0.05) is 36.4 Å². The van der Waals surface area contributed by atoms with Gasteiger partial charge in [0.15, 0.2) is 0 Å². The Bertz CT molecular complexity index is 1150. The van der Waals surface area contributed by atoms with Crippen molar-refractivity contribution in [2.24, 2.45) is 0 Å². The molecule has 2 aromatic carbocycles. The number of para-hydroxylation sites is 2. The molecule has 0 fully saturated rings. The molecule has 1 aliphatic heterocycles. The number of rotatable bonds is 6. The van der Waals surface area contributed by atoms with Crippen molar-refractivity contribution in [3.8, 4) is 5.75 Å². The summed E-state index contributed by atoms with van der Waals surface area (Å²) in [6.07, 6.45) is 2.94. The van der Waals surface area contributed by atoms with Crippen molar-refractivity contribution in [2.45, 2.75) is 38.4 Å². The lowest BCUT2D eigenvalue weighted by atomic mass is 10.1. The van der Waals surface area contributed by atoms with Crippen LogP contribution in [0.15, 0.2) is 54.7 Å². The number of fused-ring (bicyclic) bond motifs is 2. The summed E-state index contributed by atoms with van der Waals surface area (Å²) >= 11 is 0. The molecule has 3 aromatic rings. The Balaban J connectivity index is 1.76. The molecular weight excluding hydrogens is 404 g/mol. The van der Waals surface area contributed by atoms with Gasteiger partial charge in [-0.2, -0.15) is 0 Å². The Kier molecular flexibility index (Phi) is 6.37. The normalized spacial score (nSPS) is 16.9. The molecule has 1 aromatic heterocycles. The van der Waals surface area contributed by atoms with Crippen LogP contribution in [0.2, 0.25) is 0 Å². The Morgan fingerprint density at radius 2 is 1.97 bits per heavy atom. The third kappa shape index (κ3) is 4.16. The van der Waals surface area contributed by atoms with Crippen LogP contribution in [0.1, 0.15) is 24.5 Å². The first-order valence-corrected chi connectivity index (χ1v) is 10.8. The quantitative estimate of drug-likeness (QED) is 0.626. The van der Waals surface area contributed by atoms with Crippen molar-refractivity contribution in [3.05, 3.63) is 65.9 Å². The molecule has 0 saturated heterocycles. The Morgan fingerprint density at radius 1 is 1.22 bits per heavy atom. The summed E-state index contributed by atoms with van der Waals surface area (Å²) in [4.78, 5) is 32.5. The standard InChI is InChI=1S/C25H28N4O3/c1-16(26-2)24(30)28-21-13-12-17-8-4-7-11-22(17)29(25(21)31)15-19-18-9-5-6-10-20(18)27-14-23(19)32-3/h4-11,14,16,21,26H,12-13,15H2,1-3H3,(H,28,30)/t16-,21?/m0/s1. The molecule has 2 atom stereocenters. The van der Waals surface area contributed by atoms with E-state index in [4.69, 9.17) is 4.74 Å². The van der Waals surface area contributed by atoms with Gasteiger partial charge in [-0.25, -0.2) is 0 Å². The number of benzene rings is 2. The number of hydrogen-bond acceptors (Lipinski definition) is 5. The van der Waals surface area contributed by atoms with Crippen LogP contribution in [0.25, 0.3) is 10.9 Å². The van der Waals surface area contributed by atoms with E-state index in [9.17, 15) is 9.59 Å². The van der Waals surface area contributed by atoms with Gasteiger partial charge in [0.05, 0.1) is 31.4 Å². The largest absolute Gasteiger partial charge is 0.495 e. The highest BCUT2D eigenvalue weighted by Gasteiger charge is 2.33. The second-order valence-electron chi connectivity index (χ2n) is 7.99. The summed E-state index contributed by atoms with van der Waals surface area (Å²) in [6.45, 7) is 2.09. The molecule has 2 heterocycles. The maximum absolute atomic E-state index is 13.7. The number of carbonyl (C=O) groups is 2. The van der Waals surface area contributed by atoms with Crippen molar-refractivity contribution < 1.29 is 14.3 Å². The zero-order valence-electron chi connectivity index (χ0n) is 18.6. The molecule has 2 N–H and O–H groups in total. The first kappa shape index (κ1) is 21.8. The zero-order chi connectivity index (χ0) is 22.7. The van der Waals surface area contributed by atoms with Crippen LogP contribution < -0.4 is 20.3 Å². The monoisotopic (exact) mass is 432 g/mol. The van der Waals surface area contributed by atoms with E-state index in [0.29, 0.717) is 25.1 Å². The number of pyridine rings is 1. The van der Waals surface area contributed by atoms with Crippen molar-refractivity contribution in [1.82, 2.24) is 15.6 Å². The number of aryl methyl sites for hydroxylation is 1. The molecule has 1 unspecified atom stereocenters. The molecule has 0 saturated carbocycles. The fraction of sp³-hybridized carbons (Fsp3) is 0.320. The highest BCUT2D eigenvalue weighted by Crippen LogP contribution is 2.33. The van der Waals surface area contributed by atoms with Crippen molar-refractivity contribution in [3.63, 3.8) is 0 Å². The Hall–Kier alpha value is -3.45. The Morgan fingerprint density at radius 3 is 2.75 bits per heavy atom. The SMILES string of the molecule is CN[C@@H](C)C(=O)NC1CCc2ccccc2N(Cc2c(OC)cnc3ccccc23)C1=O. The van der Waals surface area contributed by atoms with Gasteiger partial charge in [-0.05, 0) is 44.5 Å².